The maximum Gasteiger partial charge on any atom is 0.261 e. The van der Waals surface area contributed by atoms with Crippen molar-refractivity contribution >= 4 is 40.1 Å². The Hall–Kier alpha value is -1.17. The summed E-state index contributed by atoms with van der Waals surface area (Å²) in [5, 5.41) is 0. The molecule has 6 heteroatoms. The minimum Gasteiger partial charge on any atom is -0.389 e. The van der Waals surface area contributed by atoms with Crippen molar-refractivity contribution in [3.63, 3.8) is 0 Å². The quantitative estimate of drug-likeness (QED) is 0.886. The third kappa shape index (κ3) is 2.63. The Labute approximate surface area is 119 Å². The summed E-state index contributed by atoms with van der Waals surface area (Å²) in [6.07, 6.45) is 0. The van der Waals surface area contributed by atoms with Gasteiger partial charge in [0, 0.05) is 10.6 Å². The average Bonchev–Trinajstić information content (AvgIpc) is 2.69. The summed E-state index contributed by atoms with van der Waals surface area (Å²) in [7, 11) is 0. The third-order valence-corrected chi connectivity index (χ3v) is 4.04. The molecule has 18 heavy (non-hydrogen) atoms. The van der Waals surface area contributed by atoms with E-state index in [9.17, 15) is 4.79 Å². The lowest BCUT2D eigenvalue weighted by atomic mass is 10.2. The fourth-order valence-corrected chi connectivity index (χ4v) is 2.88. The summed E-state index contributed by atoms with van der Waals surface area (Å²) in [6.45, 7) is 2.36. The standard InChI is InChI=1S/C12H11ClN2OS2/c1-7-2-4-9(11(14)17)12(16)15(7)6-8-3-5-10(13)18-8/h2-5H,6H2,1H3,(H2,14,17). The highest BCUT2D eigenvalue weighted by molar-refractivity contribution is 7.80. The van der Waals surface area contributed by atoms with Crippen molar-refractivity contribution in [3.05, 3.63) is 55.1 Å². The molecule has 0 unspecified atom stereocenters. The molecule has 2 N–H and O–H groups in total. The number of hydrogen-bond donors (Lipinski definition) is 1. The van der Waals surface area contributed by atoms with Gasteiger partial charge in [0.1, 0.15) is 4.99 Å². The number of aryl methyl sites for hydroxylation is 1. The molecule has 0 spiro atoms. The normalized spacial score (nSPS) is 10.6. The second-order valence-corrected chi connectivity index (χ2v) is 6.09. The monoisotopic (exact) mass is 298 g/mol. The first-order valence-corrected chi connectivity index (χ1v) is 6.84. The van der Waals surface area contributed by atoms with Gasteiger partial charge >= 0.3 is 0 Å². The highest BCUT2D eigenvalue weighted by atomic mass is 35.5. The summed E-state index contributed by atoms with van der Waals surface area (Å²) >= 11 is 12.2. The predicted octanol–water partition coefficient (Wildman–Crippen LogP) is 2.55. The Bertz CT molecular complexity index is 660. The van der Waals surface area contributed by atoms with Gasteiger partial charge in [0.2, 0.25) is 0 Å². The Morgan fingerprint density at radius 1 is 1.44 bits per heavy atom. The lowest BCUT2D eigenvalue weighted by Gasteiger charge is -2.10. The van der Waals surface area contributed by atoms with Crippen LogP contribution in [0, 0.1) is 6.92 Å². The first-order valence-electron chi connectivity index (χ1n) is 5.23. The molecule has 0 fully saturated rings. The SMILES string of the molecule is Cc1ccc(C(N)=S)c(=O)n1Cc1ccc(Cl)s1. The minimum atomic E-state index is -0.160. The zero-order valence-electron chi connectivity index (χ0n) is 9.64. The molecule has 0 saturated heterocycles. The van der Waals surface area contributed by atoms with Gasteiger partial charge < -0.3 is 10.3 Å². The van der Waals surface area contributed by atoms with Crippen LogP contribution in [0.25, 0.3) is 0 Å². The van der Waals surface area contributed by atoms with Gasteiger partial charge in [0.15, 0.2) is 0 Å². The molecule has 0 aromatic carbocycles. The maximum absolute atomic E-state index is 12.2. The van der Waals surface area contributed by atoms with Crippen LogP contribution in [0.5, 0.6) is 0 Å². The third-order valence-electron chi connectivity index (χ3n) is 2.60. The van der Waals surface area contributed by atoms with E-state index in [1.165, 1.54) is 11.3 Å². The molecule has 0 aliphatic heterocycles. The molecule has 0 atom stereocenters. The van der Waals surface area contributed by atoms with Crippen molar-refractivity contribution in [2.75, 3.05) is 0 Å². The fraction of sp³-hybridized carbons (Fsp3) is 0.167. The van der Waals surface area contributed by atoms with Gasteiger partial charge in [-0.25, -0.2) is 0 Å². The summed E-state index contributed by atoms with van der Waals surface area (Å²) in [5.74, 6) is 0. The van der Waals surface area contributed by atoms with Crippen molar-refractivity contribution in [2.24, 2.45) is 5.73 Å². The highest BCUT2D eigenvalue weighted by Gasteiger charge is 2.09. The van der Waals surface area contributed by atoms with E-state index in [1.807, 2.05) is 25.1 Å². The topological polar surface area (TPSA) is 48.0 Å². The molecule has 0 radical (unpaired) electrons. The predicted molar refractivity (Wildman–Crippen MR) is 79.8 cm³/mol. The van der Waals surface area contributed by atoms with Crippen LogP contribution in [-0.2, 0) is 6.54 Å². The molecule has 0 aliphatic carbocycles. The lowest BCUT2D eigenvalue weighted by molar-refractivity contribution is 0.737. The van der Waals surface area contributed by atoms with E-state index >= 15 is 0 Å². The Morgan fingerprint density at radius 3 is 2.72 bits per heavy atom. The Morgan fingerprint density at radius 2 is 2.17 bits per heavy atom. The van der Waals surface area contributed by atoms with Crippen LogP contribution in [0.2, 0.25) is 4.34 Å². The first-order chi connectivity index (χ1) is 8.49. The van der Waals surface area contributed by atoms with Gasteiger partial charge in [-0.1, -0.05) is 23.8 Å². The molecule has 2 rings (SSSR count). The first kappa shape index (κ1) is 13.3. The van der Waals surface area contributed by atoms with Crippen LogP contribution >= 0.6 is 35.2 Å². The van der Waals surface area contributed by atoms with Gasteiger partial charge in [-0.2, -0.15) is 0 Å². The van der Waals surface area contributed by atoms with Crippen molar-refractivity contribution in [2.45, 2.75) is 13.5 Å². The smallest absolute Gasteiger partial charge is 0.261 e. The molecule has 0 amide bonds. The largest absolute Gasteiger partial charge is 0.389 e. The van der Waals surface area contributed by atoms with E-state index in [1.54, 1.807) is 10.6 Å². The number of rotatable bonds is 3. The van der Waals surface area contributed by atoms with E-state index in [0.29, 0.717) is 16.4 Å². The molecule has 3 nitrogen and oxygen atoms in total. The van der Waals surface area contributed by atoms with Crippen LogP contribution in [0.3, 0.4) is 0 Å². The summed E-state index contributed by atoms with van der Waals surface area (Å²) in [5.41, 5.74) is 6.61. The van der Waals surface area contributed by atoms with E-state index < -0.39 is 0 Å². The fourth-order valence-electron chi connectivity index (χ4n) is 1.65. The van der Waals surface area contributed by atoms with Crippen molar-refractivity contribution in [3.8, 4) is 0 Å². The molecular weight excluding hydrogens is 288 g/mol. The second kappa shape index (κ2) is 5.22. The maximum atomic E-state index is 12.2. The summed E-state index contributed by atoms with van der Waals surface area (Å²) in [6, 6.07) is 7.23. The van der Waals surface area contributed by atoms with Crippen molar-refractivity contribution < 1.29 is 0 Å². The summed E-state index contributed by atoms with van der Waals surface area (Å²) < 4.78 is 2.36. The van der Waals surface area contributed by atoms with E-state index in [0.717, 1.165) is 10.6 Å². The van der Waals surface area contributed by atoms with E-state index in [-0.39, 0.29) is 10.5 Å². The highest BCUT2D eigenvalue weighted by Crippen LogP contribution is 2.22. The zero-order valence-corrected chi connectivity index (χ0v) is 12.0. The van der Waals surface area contributed by atoms with Crippen molar-refractivity contribution in [1.29, 1.82) is 0 Å². The molecule has 0 bridgehead atoms. The number of aromatic nitrogens is 1. The number of nitrogens with zero attached hydrogens (tertiary/aromatic N) is 1. The van der Waals surface area contributed by atoms with Crippen LogP contribution in [-0.4, -0.2) is 9.56 Å². The molecule has 2 aromatic rings. The van der Waals surface area contributed by atoms with Gasteiger partial charge in [0.25, 0.3) is 5.56 Å². The van der Waals surface area contributed by atoms with Crippen LogP contribution in [0.1, 0.15) is 16.1 Å². The van der Waals surface area contributed by atoms with Gasteiger partial charge in [-0.15, -0.1) is 11.3 Å². The summed E-state index contributed by atoms with van der Waals surface area (Å²) in [4.78, 5) is 13.4. The number of thiocarbonyl (C=S) groups is 1. The van der Waals surface area contributed by atoms with Crippen LogP contribution < -0.4 is 11.3 Å². The number of pyridine rings is 1. The average molecular weight is 299 g/mol. The number of halogens is 1. The lowest BCUT2D eigenvalue weighted by Crippen LogP contribution is -2.30. The molecule has 0 aliphatic rings. The molecule has 0 saturated carbocycles. The molecule has 2 heterocycles. The van der Waals surface area contributed by atoms with Crippen LogP contribution in [0.15, 0.2) is 29.1 Å². The van der Waals surface area contributed by atoms with Gasteiger partial charge in [0.05, 0.1) is 16.4 Å². The number of thiophene rings is 1. The second-order valence-electron chi connectivity index (χ2n) is 3.85. The minimum absolute atomic E-state index is 0.123. The van der Waals surface area contributed by atoms with Gasteiger partial charge in [-0.3, -0.25) is 4.79 Å². The Balaban J connectivity index is 2.47. The van der Waals surface area contributed by atoms with Crippen molar-refractivity contribution in [1.82, 2.24) is 4.57 Å². The molecule has 94 valence electrons. The Kier molecular flexibility index (Phi) is 3.85. The molecule has 2 aromatic heterocycles. The van der Waals surface area contributed by atoms with Crippen LogP contribution in [0.4, 0.5) is 0 Å². The molecular formula is C12H11ClN2OS2. The number of nitrogens with two attached hydrogens (primary N) is 1. The van der Waals surface area contributed by atoms with Gasteiger partial charge in [-0.05, 0) is 31.2 Å². The van der Waals surface area contributed by atoms with E-state index in [4.69, 9.17) is 29.6 Å². The zero-order chi connectivity index (χ0) is 13.3. The number of hydrogen-bond acceptors (Lipinski definition) is 3. The van der Waals surface area contributed by atoms with E-state index in [2.05, 4.69) is 0 Å².